The Hall–Kier alpha value is -4.01. The zero-order valence-electron chi connectivity index (χ0n) is 20.7. The number of fused-ring (bicyclic) bond motifs is 1. The van der Waals surface area contributed by atoms with Crippen LogP contribution in [0.2, 0.25) is 0 Å². The molecule has 1 fully saturated rings. The quantitative estimate of drug-likeness (QED) is 0.393. The zero-order valence-corrected chi connectivity index (χ0v) is 20.7. The van der Waals surface area contributed by atoms with Crippen LogP contribution in [0.1, 0.15) is 16.8 Å². The molecule has 4 heterocycles. The maximum atomic E-state index is 5.87. The molecule has 2 aromatic carbocycles. The molecule has 6 rings (SSSR count). The summed E-state index contributed by atoms with van der Waals surface area (Å²) in [5.74, 6) is 3.12. The number of benzene rings is 2. The molecule has 8 nitrogen and oxygen atoms in total. The van der Waals surface area contributed by atoms with E-state index in [4.69, 9.17) is 19.4 Å². The van der Waals surface area contributed by atoms with Gasteiger partial charge in [-0.2, -0.15) is 4.98 Å². The number of ether oxygens (including phenoxy) is 2. The standard InChI is InChI=1S/C29H30N6O2/c1-2-5-21(6-3-1)20-37-27-8-4-7-26(33-27)31-23-11-9-22(10-12-23)28-32-25-19-30-14-13-24(25)29(34-28)35-15-17-36-18-16-35/h1-12,30H,13-20H2,(H,31,33). The van der Waals surface area contributed by atoms with Crippen molar-refractivity contribution >= 4 is 17.3 Å². The Balaban J connectivity index is 1.18. The molecule has 2 N–H and O–H groups in total. The summed E-state index contributed by atoms with van der Waals surface area (Å²) in [6.07, 6.45) is 0.951. The van der Waals surface area contributed by atoms with Crippen molar-refractivity contribution in [2.24, 2.45) is 0 Å². The van der Waals surface area contributed by atoms with Gasteiger partial charge in [0.2, 0.25) is 5.88 Å². The van der Waals surface area contributed by atoms with Crippen LogP contribution >= 0.6 is 0 Å². The Kier molecular flexibility index (Phi) is 6.92. The van der Waals surface area contributed by atoms with Gasteiger partial charge in [0.15, 0.2) is 5.82 Å². The van der Waals surface area contributed by atoms with Crippen molar-refractivity contribution in [2.45, 2.75) is 19.6 Å². The molecule has 2 aromatic heterocycles. The summed E-state index contributed by atoms with van der Waals surface area (Å²) in [6.45, 7) is 5.41. The third-order valence-corrected chi connectivity index (χ3v) is 6.59. The van der Waals surface area contributed by atoms with Crippen LogP contribution in [0.15, 0.2) is 72.8 Å². The summed E-state index contributed by atoms with van der Waals surface area (Å²) in [6, 6.07) is 24.0. The Morgan fingerprint density at radius 2 is 1.73 bits per heavy atom. The van der Waals surface area contributed by atoms with Crippen LogP contribution in [0.5, 0.6) is 5.88 Å². The molecule has 2 aliphatic rings. The number of anilines is 3. The van der Waals surface area contributed by atoms with Crippen LogP contribution in [0, 0.1) is 0 Å². The molecule has 0 spiro atoms. The highest BCUT2D eigenvalue weighted by Gasteiger charge is 2.23. The maximum Gasteiger partial charge on any atom is 0.215 e. The van der Waals surface area contributed by atoms with E-state index in [0.717, 1.165) is 85.8 Å². The molecule has 4 aromatic rings. The topological polar surface area (TPSA) is 84.4 Å². The SMILES string of the molecule is c1ccc(COc2cccc(Nc3ccc(-c4nc5c(c(N6CCOCC6)n4)CCNC5)cc3)n2)cc1. The van der Waals surface area contributed by atoms with Gasteiger partial charge in [-0.3, -0.25) is 0 Å². The lowest BCUT2D eigenvalue weighted by Gasteiger charge is -2.31. The minimum Gasteiger partial charge on any atom is -0.473 e. The molecular weight excluding hydrogens is 464 g/mol. The van der Waals surface area contributed by atoms with Gasteiger partial charge in [0.05, 0.1) is 18.9 Å². The zero-order chi connectivity index (χ0) is 24.9. The van der Waals surface area contributed by atoms with E-state index in [2.05, 4.69) is 32.7 Å². The molecule has 0 amide bonds. The largest absolute Gasteiger partial charge is 0.473 e. The highest BCUT2D eigenvalue weighted by Crippen LogP contribution is 2.29. The molecule has 0 saturated carbocycles. The van der Waals surface area contributed by atoms with E-state index >= 15 is 0 Å². The van der Waals surface area contributed by atoms with Gasteiger partial charge >= 0.3 is 0 Å². The van der Waals surface area contributed by atoms with Crippen molar-refractivity contribution < 1.29 is 9.47 Å². The average molecular weight is 495 g/mol. The smallest absolute Gasteiger partial charge is 0.215 e. The van der Waals surface area contributed by atoms with E-state index in [1.807, 2.05) is 60.7 Å². The fourth-order valence-corrected chi connectivity index (χ4v) is 4.65. The van der Waals surface area contributed by atoms with Gasteiger partial charge in [0.25, 0.3) is 0 Å². The number of hydrogen-bond donors (Lipinski definition) is 2. The molecule has 0 bridgehead atoms. The van der Waals surface area contributed by atoms with Crippen molar-refractivity contribution in [3.8, 4) is 17.3 Å². The summed E-state index contributed by atoms with van der Waals surface area (Å²) >= 11 is 0. The maximum absolute atomic E-state index is 5.87. The monoisotopic (exact) mass is 494 g/mol. The molecule has 2 aliphatic heterocycles. The first-order chi connectivity index (χ1) is 18.3. The minimum atomic E-state index is 0.481. The lowest BCUT2D eigenvalue weighted by molar-refractivity contribution is 0.122. The highest BCUT2D eigenvalue weighted by atomic mass is 16.5. The van der Waals surface area contributed by atoms with Gasteiger partial charge in [-0.15, -0.1) is 0 Å². The van der Waals surface area contributed by atoms with Crippen molar-refractivity contribution in [1.29, 1.82) is 0 Å². The predicted molar refractivity (Wildman–Crippen MR) is 144 cm³/mol. The normalized spacial score (nSPS) is 15.2. The molecule has 0 atom stereocenters. The highest BCUT2D eigenvalue weighted by molar-refractivity contribution is 5.66. The second-order valence-corrected chi connectivity index (χ2v) is 9.16. The van der Waals surface area contributed by atoms with Crippen LogP contribution < -0.4 is 20.3 Å². The minimum absolute atomic E-state index is 0.481. The van der Waals surface area contributed by atoms with Gasteiger partial charge < -0.3 is 25.0 Å². The first kappa shape index (κ1) is 23.4. The first-order valence-electron chi connectivity index (χ1n) is 12.8. The molecule has 37 heavy (non-hydrogen) atoms. The summed E-state index contributed by atoms with van der Waals surface area (Å²) in [5.41, 5.74) is 5.39. The number of rotatable bonds is 7. The van der Waals surface area contributed by atoms with Crippen LogP contribution in [0.3, 0.4) is 0 Å². The van der Waals surface area contributed by atoms with E-state index in [0.29, 0.717) is 12.5 Å². The Morgan fingerprint density at radius 3 is 2.57 bits per heavy atom. The van der Waals surface area contributed by atoms with Gasteiger partial charge in [0.1, 0.15) is 18.2 Å². The second-order valence-electron chi connectivity index (χ2n) is 9.16. The molecule has 1 saturated heterocycles. The lowest BCUT2D eigenvalue weighted by Crippen LogP contribution is -2.39. The summed E-state index contributed by atoms with van der Waals surface area (Å²) < 4.78 is 11.4. The van der Waals surface area contributed by atoms with Crippen molar-refractivity contribution in [2.75, 3.05) is 43.1 Å². The van der Waals surface area contributed by atoms with E-state index in [9.17, 15) is 0 Å². The van der Waals surface area contributed by atoms with E-state index in [1.165, 1.54) is 5.56 Å². The average Bonchev–Trinajstić information content (AvgIpc) is 2.97. The Morgan fingerprint density at radius 1 is 0.892 bits per heavy atom. The van der Waals surface area contributed by atoms with Crippen molar-refractivity contribution in [1.82, 2.24) is 20.3 Å². The summed E-state index contributed by atoms with van der Waals surface area (Å²) in [4.78, 5) is 16.9. The molecule has 0 radical (unpaired) electrons. The molecule has 188 valence electrons. The third kappa shape index (κ3) is 5.55. The van der Waals surface area contributed by atoms with E-state index in [-0.39, 0.29) is 0 Å². The Labute approximate surface area is 216 Å². The number of morpholine rings is 1. The summed E-state index contributed by atoms with van der Waals surface area (Å²) in [7, 11) is 0. The first-order valence-corrected chi connectivity index (χ1v) is 12.8. The molecule has 0 aliphatic carbocycles. The Bertz CT molecular complexity index is 1340. The number of nitrogens with one attached hydrogen (secondary N) is 2. The molecular formula is C29H30N6O2. The number of aromatic nitrogens is 3. The number of hydrogen-bond acceptors (Lipinski definition) is 8. The van der Waals surface area contributed by atoms with Gasteiger partial charge in [0, 0.05) is 42.5 Å². The fraction of sp³-hybridized carbons (Fsp3) is 0.276. The fourth-order valence-electron chi connectivity index (χ4n) is 4.65. The molecule has 8 heteroatoms. The van der Waals surface area contributed by atoms with Crippen LogP contribution in [-0.4, -0.2) is 47.8 Å². The molecule has 0 unspecified atom stereocenters. The van der Waals surface area contributed by atoms with Crippen LogP contribution in [-0.2, 0) is 24.3 Å². The third-order valence-electron chi connectivity index (χ3n) is 6.59. The van der Waals surface area contributed by atoms with E-state index in [1.54, 1.807) is 0 Å². The van der Waals surface area contributed by atoms with Gasteiger partial charge in [-0.05, 0) is 48.9 Å². The van der Waals surface area contributed by atoms with Crippen LogP contribution in [0.25, 0.3) is 11.4 Å². The van der Waals surface area contributed by atoms with Gasteiger partial charge in [-0.25, -0.2) is 9.97 Å². The number of pyridine rings is 1. The van der Waals surface area contributed by atoms with E-state index < -0.39 is 0 Å². The predicted octanol–water partition coefficient (Wildman–Crippen LogP) is 4.34. The van der Waals surface area contributed by atoms with Gasteiger partial charge in [-0.1, -0.05) is 36.4 Å². The van der Waals surface area contributed by atoms with Crippen molar-refractivity contribution in [3.05, 3.63) is 89.6 Å². The van der Waals surface area contributed by atoms with Crippen molar-refractivity contribution in [3.63, 3.8) is 0 Å². The lowest BCUT2D eigenvalue weighted by atomic mass is 10.1. The van der Waals surface area contributed by atoms with Crippen LogP contribution in [0.4, 0.5) is 17.3 Å². The second kappa shape index (κ2) is 10.9. The summed E-state index contributed by atoms with van der Waals surface area (Å²) in [5, 5.41) is 6.82. The number of nitrogens with zero attached hydrogens (tertiary/aromatic N) is 4.